The number of hydrogen-bond donors (Lipinski definition) is 4. The Labute approximate surface area is 434 Å². The zero-order chi connectivity index (χ0) is 53.4. The Bertz CT molecular complexity index is 1370. The Balaban J connectivity index is 3.85. The van der Waals surface area contributed by atoms with Crippen LogP contribution in [0.25, 0.3) is 0 Å². The molecule has 0 aliphatic carbocycles. The highest BCUT2D eigenvalue weighted by atomic mass is 16.6. The average molecular weight is 1030 g/mol. The van der Waals surface area contributed by atoms with Crippen molar-refractivity contribution in [1.82, 2.24) is 21.3 Å². The number of hydrogen-bond acceptors (Lipinski definition) is 14. The molecule has 0 aromatic rings. The fourth-order valence-corrected chi connectivity index (χ4v) is 7.05. The predicted molar refractivity (Wildman–Crippen MR) is 279 cm³/mol. The van der Waals surface area contributed by atoms with Gasteiger partial charge in [0.25, 0.3) is 0 Å². The first-order valence-corrected chi connectivity index (χ1v) is 27.5. The maximum Gasteiger partial charge on any atom is 0.329 e. The first-order valence-electron chi connectivity index (χ1n) is 27.5. The highest BCUT2D eigenvalue weighted by molar-refractivity contribution is 5.84. The third kappa shape index (κ3) is 51.5. The van der Waals surface area contributed by atoms with Crippen LogP contribution in [0.15, 0.2) is 0 Å². The quantitative estimate of drug-likeness (QED) is 0.0340. The first-order chi connectivity index (χ1) is 34.5. The van der Waals surface area contributed by atoms with Gasteiger partial charge in [0.2, 0.25) is 23.6 Å². The maximum atomic E-state index is 13.0. The van der Waals surface area contributed by atoms with Gasteiger partial charge in [0, 0.05) is 58.3 Å². The number of nitrogens with one attached hydrogen (secondary N) is 4. The summed E-state index contributed by atoms with van der Waals surface area (Å²) in [5, 5.41) is 11.3. The van der Waals surface area contributed by atoms with E-state index in [1.54, 1.807) is 20.8 Å². The van der Waals surface area contributed by atoms with E-state index in [4.69, 9.17) is 37.9 Å². The van der Waals surface area contributed by atoms with E-state index in [0.717, 1.165) is 38.5 Å². The van der Waals surface area contributed by atoms with Crippen molar-refractivity contribution in [3.8, 4) is 0 Å². The van der Waals surface area contributed by atoms with Crippen LogP contribution >= 0.6 is 0 Å². The largest absolute Gasteiger partial charge is 0.460 e. The SMILES string of the molecule is CCCOCCOCCC(=O)NCCOCCOCCC(=O)NCCOCCOCCC(=O)NCCCC[C@H](NC(=O)CCCCCCCCCCCCCCCCC(=O)OC(C)(C)C)C(=O)OC(C)(C)C. The van der Waals surface area contributed by atoms with Gasteiger partial charge < -0.3 is 59.2 Å². The smallest absolute Gasteiger partial charge is 0.329 e. The molecule has 0 saturated carbocycles. The Hall–Kier alpha value is -3.42. The molecule has 1 atom stereocenters. The molecule has 18 nitrogen and oxygen atoms in total. The summed E-state index contributed by atoms with van der Waals surface area (Å²) in [6, 6.07) is -0.738. The van der Waals surface area contributed by atoms with E-state index < -0.39 is 23.2 Å². The molecule has 0 aliphatic heterocycles. The van der Waals surface area contributed by atoms with Crippen LogP contribution in [0.1, 0.15) is 196 Å². The molecule has 4 amide bonds. The van der Waals surface area contributed by atoms with Crippen molar-refractivity contribution in [2.45, 2.75) is 213 Å². The summed E-state index contributed by atoms with van der Waals surface area (Å²) in [4.78, 5) is 73.7. The molecule has 422 valence electrons. The molecule has 0 rings (SSSR count). The summed E-state index contributed by atoms with van der Waals surface area (Å²) in [5.41, 5.74) is -1.08. The van der Waals surface area contributed by atoms with Gasteiger partial charge in [-0.05, 0) is 80.1 Å². The zero-order valence-corrected chi connectivity index (χ0v) is 46.2. The van der Waals surface area contributed by atoms with Gasteiger partial charge in [-0.1, -0.05) is 84.0 Å². The minimum absolute atomic E-state index is 0.0956. The molecule has 0 spiro atoms. The molecular weight excluding hydrogens is 929 g/mol. The second-order valence-corrected chi connectivity index (χ2v) is 20.2. The molecule has 4 N–H and O–H groups in total. The van der Waals surface area contributed by atoms with Gasteiger partial charge in [-0.3, -0.25) is 24.0 Å². The standard InChI is InChI=1S/C54H102N4O14/c1-8-34-65-40-41-66-36-29-48(60)56-32-39-70-45-43-68-37-30-49(61)57-33-38-69-44-42-67-35-28-47(59)55-31-24-23-25-46(52(64)72-54(5,6)7)58-50(62)26-21-19-17-15-13-11-9-10-12-14-16-18-20-22-27-51(63)71-53(2,3)4/h46H,8-45H2,1-7H3,(H,55,59)(H,56,60)(H,57,61)(H,58,62)/t46-/m0/s1. The molecule has 0 saturated heterocycles. The normalized spacial score (nSPS) is 12.0. The van der Waals surface area contributed by atoms with Crippen molar-refractivity contribution < 1.29 is 66.7 Å². The number of carbonyl (C=O) groups excluding carboxylic acids is 6. The van der Waals surface area contributed by atoms with E-state index in [0.29, 0.717) is 118 Å². The Kier molecular flexibility index (Phi) is 45.1. The molecule has 0 heterocycles. The van der Waals surface area contributed by atoms with Crippen molar-refractivity contribution in [2.24, 2.45) is 0 Å². The lowest BCUT2D eigenvalue weighted by molar-refractivity contribution is -0.159. The summed E-state index contributed by atoms with van der Waals surface area (Å²) in [6.45, 7) is 19.0. The molecule has 0 fully saturated rings. The van der Waals surface area contributed by atoms with E-state index in [1.807, 2.05) is 27.7 Å². The minimum atomic E-state index is -0.738. The number of rotatable bonds is 50. The van der Waals surface area contributed by atoms with Crippen molar-refractivity contribution >= 4 is 35.6 Å². The fraction of sp³-hybridized carbons (Fsp3) is 0.889. The Morgan fingerprint density at radius 3 is 1.12 bits per heavy atom. The van der Waals surface area contributed by atoms with Gasteiger partial charge >= 0.3 is 11.9 Å². The maximum absolute atomic E-state index is 13.0. The fourth-order valence-electron chi connectivity index (χ4n) is 7.05. The summed E-state index contributed by atoms with van der Waals surface area (Å²) in [7, 11) is 0. The second kappa shape index (κ2) is 47.3. The third-order valence-corrected chi connectivity index (χ3v) is 10.7. The van der Waals surface area contributed by atoms with Crippen molar-refractivity contribution in [2.75, 3.05) is 98.9 Å². The molecule has 0 bridgehead atoms. The number of unbranched alkanes of at least 4 members (excludes halogenated alkanes) is 14. The van der Waals surface area contributed by atoms with E-state index >= 15 is 0 Å². The van der Waals surface area contributed by atoms with Crippen molar-refractivity contribution in [3.63, 3.8) is 0 Å². The second-order valence-electron chi connectivity index (χ2n) is 20.2. The first kappa shape index (κ1) is 68.6. The van der Waals surface area contributed by atoms with Gasteiger partial charge in [-0.15, -0.1) is 0 Å². The highest BCUT2D eigenvalue weighted by Gasteiger charge is 2.26. The lowest BCUT2D eigenvalue weighted by atomic mass is 10.0. The van der Waals surface area contributed by atoms with Crippen LogP contribution in [0.3, 0.4) is 0 Å². The summed E-state index contributed by atoms with van der Waals surface area (Å²) in [6.07, 6.45) is 20.2. The van der Waals surface area contributed by atoms with E-state index in [-0.39, 0.29) is 62.1 Å². The van der Waals surface area contributed by atoms with Crippen LogP contribution < -0.4 is 21.3 Å². The Morgan fingerprint density at radius 2 is 0.722 bits per heavy atom. The highest BCUT2D eigenvalue weighted by Crippen LogP contribution is 2.16. The molecular formula is C54H102N4O14. The van der Waals surface area contributed by atoms with Gasteiger partial charge in [0.05, 0.1) is 72.7 Å². The van der Waals surface area contributed by atoms with Gasteiger partial charge in [0.15, 0.2) is 0 Å². The van der Waals surface area contributed by atoms with E-state index in [1.165, 1.54) is 57.8 Å². The molecule has 72 heavy (non-hydrogen) atoms. The molecule has 0 aliphatic rings. The van der Waals surface area contributed by atoms with Crippen LogP contribution in [-0.4, -0.2) is 152 Å². The van der Waals surface area contributed by atoms with Crippen LogP contribution in [0.5, 0.6) is 0 Å². The molecule has 18 heteroatoms. The van der Waals surface area contributed by atoms with Crippen molar-refractivity contribution in [3.05, 3.63) is 0 Å². The summed E-state index contributed by atoms with van der Waals surface area (Å²) in [5.74, 6) is -1.06. The number of esters is 2. The monoisotopic (exact) mass is 1030 g/mol. The third-order valence-electron chi connectivity index (χ3n) is 10.7. The minimum Gasteiger partial charge on any atom is -0.460 e. The molecule has 0 aromatic heterocycles. The molecule has 0 radical (unpaired) electrons. The van der Waals surface area contributed by atoms with Gasteiger partial charge in [-0.25, -0.2) is 4.79 Å². The molecule has 0 unspecified atom stereocenters. The van der Waals surface area contributed by atoms with E-state index in [2.05, 4.69) is 21.3 Å². The van der Waals surface area contributed by atoms with Crippen LogP contribution in [0.2, 0.25) is 0 Å². The number of carbonyl (C=O) groups is 6. The lowest BCUT2D eigenvalue weighted by Gasteiger charge is -2.24. The van der Waals surface area contributed by atoms with Gasteiger partial charge in [-0.2, -0.15) is 0 Å². The summed E-state index contributed by atoms with van der Waals surface area (Å²) >= 11 is 0. The van der Waals surface area contributed by atoms with E-state index in [9.17, 15) is 28.8 Å². The average Bonchev–Trinajstić information content (AvgIpc) is 3.30. The summed E-state index contributed by atoms with van der Waals surface area (Å²) < 4.78 is 43.5. The van der Waals surface area contributed by atoms with Crippen LogP contribution in [0, 0.1) is 0 Å². The molecule has 0 aromatic carbocycles. The lowest BCUT2D eigenvalue weighted by Crippen LogP contribution is -2.44. The zero-order valence-electron chi connectivity index (χ0n) is 46.2. The topological polar surface area (TPSA) is 224 Å². The van der Waals surface area contributed by atoms with Crippen molar-refractivity contribution in [1.29, 1.82) is 0 Å². The number of amides is 4. The number of ether oxygens (including phenoxy) is 8. The predicted octanol–water partition coefficient (Wildman–Crippen LogP) is 7.60. The van der Waals surface area contributed by atoms with Gasteiger partial charge in [0.1, 0.15) is 17.2 Å². The Morgan fingerprint density at radius 1 is 0.361 bits per heavy atom. The van der Waals surface area contributed by atoms with Crippen LogP contribution in [-0.2, 0) is 66.7 Å². The van der Waals surface area contributed by atoms with Crippen LogP contribution in [0.4, 0.5) is 0 Å².